The van der Waals surface area contributed by atoms with Crippen LogP contribution in [0.15, 0.2) is 36.5 Å². The number of hydrogen-bond acceptors (Lipinski definition) is 4. The summed E-state index contributed by atoms with van der Waals surface area (Å²) in [5.41, 5.74) is -0.0831. The Labute approximate surface area is 131 Å². The molecule has 5 nitrogen and oxygen atoms in total. The van der Waals surface area contributed by atoms with Gasteiger partial charge in [-0.1, -0.05) is 12.1 Å². The van der Waals surface area contributed by atoms with Gasteiger partial charge in [0.15, 0.2) is 5.69 Å². The maximum atomic E-state index is 12.4. The first-order valence-corrected chi connectivity index (χ1v) is 6.88. The molecule has 0 amide bonds. The van der Waals surface area contributed by atoms with Crippen molar-refractivity contribution in [3.8, 4) is 5.75 Å². The normalized spacial score (nSPS) is 13.1. The highest BCUT2D eigenvalue weighted by atomic mass is 19.4. The van der Waals surface area contributed by atoms with Gasteiger partial charge in [0, 0.05) is 6.20 Å². The van der Waals surface area contributed by atoms with Gasteiger partial charge in [-0.05, 0) is 23.8 Å². The van der Waals surface area contributed by atoms with Gasteiger partial charge < -0.3 is 14.6 Å². The van der Waals surface area contributed by atoms with Crippen LogP contribution in [-0.2, 0) is 24.1 Å². The topological polar surface area (TPSA) is 56.5 Å². The Morgan fingerprint density at radius 2 is 1.91 bits per heavy atom. The number of nitrogens with zero attached hydrogens (tertiary/aromatic N) is 2. The summed E-state index contributed by atoms with van der Waals surface area (Å²) in [5, 5.41) is 13.2. The Morgan fingerprint density at radius 3 is 2.48 bits per heavy atom. The van der Waals surface area contributed by atoms with Crippen LogP contribution in [0.25, 0.3) is 0 Å². The van der Waals surface area contributed by atoms with Crippen LogP contribution in [0.1, 0.15) is 11.3 Å². The molecule has 1 aromatic carbocycles. The van der Waals surface area contributed by atoms with Crippen LogP contribution in [0.3, 0.4) is 0 Å². The smallest absolute Gasteiger partial charge is 0.435 e. The number of benzene rings is 1. The first kappa shape index (κ1) is 17.3. The fourth-order valence-corrected chi connectivity index (χ4v) is 1.92. The molecule has 8 heteroatoms. The van der Waals surface area contributed by atoms with Gasteiger partial charge in [0.25, 0.3) is 0 Å². The number of aliphatic hydroxyl groups excluding tert-OH is 1. The van der Waals surface area contributed by atoms with Crippen LogP contribution in [0.2, 0.25) is 0 Å². The van der Waals surface area contributed by atoms with E-state index in [0.29, 0.717) is 0 Å². The van der Waals surface area contributed by atoms with Crippen molar-refractivity contribution >= 4 is 0 Å². The molecule has 0 aliphatic heterocycles. The van der Waals surface area contributed by atoms with Crippen molar-refractivity contribution in [2.75, 3.05) is 13.7 Å². The lowest BCUT2D eigenvalue weighted by Gasteiger charge is -2.12. The Bertz CT molecular complexity index is 611. The van der Waals surface area contributed by atoms with Crippen molar-refractivity contribution in [1.82, 2.24) is 9.78 Å². The highest BCUT2D eigenvalue weighted by Gasteiger charge is 2.33. The van der Waals surface area contributed by atoms with E-state index in [-0.39, 0.29) is 19.8 Å². The van der Waals surface area contributed by atoms with Crippen LogP contribution in [0.5, 0.6) is 5.75 Å². The first-order chi connectivity index (χ1) is 10.9. The number of aliphatic hydroxyl groups is 1. The van der Waals surface area contributed by atoms with Crippen LogP contribution >= 0.6 is 0 Å². The monoisotopic (exact) mass is 330 g/mol. The second-order valence-corrected chi connectivity index (χ2v) is 4.94. The minimum absolute atomic E-state index is 0.00671. The van der Waals surface area contributed by atoms with E-state index in [1.54, 1.807) is 19.2 Å². The second-order valence-electron chi connectivity index (χ2n) is 4.94. The minimum Gasteiger partial charge on any atom is -0.497 e. The maximum absolute atomic E-state index is 12.4. The fourth-order valence-electron chi connectivity index (χ4n) is 1.92. The molecule has 2 aromatic rings. The lowest BCUT2D eigenvalue weighted by Crippen LogP contribution is -2.22. The summed E-state index contributed by atoms with van der Waals surface area (Å²) in [6.07, 6.45) is -4.26. The maximum Gasteiger partial charge on any atom is 0.435 e. The van der Waals surface area contributed by atoms with E-state index in [1.165, 1.54) is 6.20 Å². The SMILES string of the molecule is COc1ccc(COCC(O)Cn2ccc(C(F)(F)F)n2)cc1. The van der Waals surface area contributed by atoms with E-state index in [2.05, 4.69) is 5.10 Å². The summed E-state index contributed by atoms with van der Waals surface area (Å²) in [6, 6.07) is 8.10. The molecule has 0 radical (unpaired) electrons. The van der Waals surface area contributed by atoms with Crippen molar-refractivity contribution < 1.29 is 27.8 Å². The Kier molecular flexibility index (Phi) is 5.62. The molecule has 0 saturated carbocycles. The van der Waals surface area contributed by atoms with Crippen LogP contribution < -0.4 is 4.74 Å². The van der Waals surface area contributed by atoms with Crippen molar-refractivity contribution in [3.05, 3.63) is 47.8 Å². The number of methoxy groups -OCH3 is 1. The zero-order valence-electron chi connectivity index (χ0n) is 12.5. The Morgan fingerprint density at radius 1 is 1.22 bits per heavy atom. The van der Waals surface area contributed by atoms with Crippen molar-refractivity contribution in [2.45, 2.75) is 25.4 Å². The number of aromatic nitrogens is 2. The summed E-state index contributed by atoms with van der Waals surface area (Å²) in [5.74, 6) is 0.730. The largest absolute Gasteiger partial charge is 0.497 e. The summed E-state index contributed by atoms with van der Waals surface area (Å²) in [7, 11) is 1.57. The van der Waals surface area contributed by atoms with Gasteiger partial charge in [-0.3, -0.25) is 4.68 Å². The van der Waals surface area contributed by atoms with E-state index in [0.717, 1.165) is 22.1 Å². The predicted octanol–water partition coefficient (Wildman–Crippen LogP) is 2.49. The molecule has 1 heterocycles. The lowest BCUT2D eigenvalue weighted by atomic mass is 10.2. The fraction of sp³-hybridized carbons (Fsp3) is 0.400. The molecule has 1 aromatic heterocycles. The van der Waals surface area contributed by atoms with Gasteiger partial charge in [-0.2, -0.15) is 18.3 Å². The van der Waals surface area contributed by atoms with Crippen molar-refractivity contribution in [1.29, 1.82) is 0 Å². The van der Waals surface area contributed by atoms with Crippen LogP contribution in [0, 0.1) is 0 Å². The predicted molar refractivity (Wildman–Crippen MR) is 75.9 cm³/mol. The summed E-state index contributed by atoms with van der Waals surface area (Å²) in [4.78, 5) is 0. The molecular formula is C15H17F3N2O3. The molecule has 1 atom stereocenters. The van der Waals surface area contributed by atoms with Crippen LogP contribution in [0.4, 0.5) is 13.2 Å². The molecule has 126 valence electrons. The van der Waals surface area contributed by atoms with E-state index in [4.69, 9.17) is 9.47 Å². The number of halogens is 3. The highest BCUT2D eigenvalue weighted by molar-refractivity contribution is 5.26. The zero-order valence-corrected chi connectivity index (χ0v) is 12.5. The van der Waals surface area contributed by atoms with Gasteiger partial charge in [0.2, 0.25) is 0 Å². The Hall–Kier alpha value is -2.06. The van der Waals surface area contributed by atoms with E-state index in [9.17, 15) is 18.3 Å². The molecular weight excluding hydrogens is 313 g/mol. The summed E-state index contributed by atoms with van der Waals surface area (Å²) in [6.45, 7) is 0.208. The molecule has 0 bridgehead atoms. The van der Waals surface area contributed by atoms with Crippen molar-refractivity contribution in [3.63, 3.8) is 0 Å². The van der Waals surface area contributed by atoms with Crippen molar-refractivity contribution in [2.24, 2.45) is 0 Å². The molecule has 2 rings (SSSR count). The summed E-state index contributed by atoms with van der Waals surface area (Å²) < 4.78 is 48.7. The molecule has 0 saturated heterocycles. The first-order valence-electron chi connectivity index (χ1n) is 6.88. The number of ether oxygens (including phenoxy) is 2. The minimum atomic E-state index is -4.49. The van der Waals surface area contributed by atoms with Gasteiger partial charge in [0.1, 0.15) is 5.75 Å². The molecule has 0 aliphatic carbocycles. The van der Waals surface area contributed by atoms with Gasteiger partial charge in [-0.15, -0.1) is 0 Å². The van der Waals surface area contributed by atoms with E-state index >= 15 is 0 Å². The van der Waals surface area contributed by atoms with Gasteiger partial charge >= 0.3 is 6.18 Å². The third kappa shape index (κ3) is 5.26. The van der Waals surface area contributed by atoms with Crippen LogP contribution in [-0.4, -0.2) is 34.7 Å². The third-order valence-corrected chi connectivity index (χ3v) is 3.07. The standard InChI is InChI=1S/C15H17F3N2O3/c1-22-13-4-2-11(3-5-13)9-23-10-12(21)8-20-7-6-14(19-20)15(16,17)18/h2-7,12,21H,8-10H2,1H3. The quantitative estimate of drug-likeness (QED) is 0.847. The van der Waals surface area contributed by atoms with Gasteiger partial charge in [-0.25, -0.2) is 0 Å². The average molecular weight is 330 g/mol. The molecule has 23 heavy (non-hydrogen) atoms. The Balaban J connectivity index is 1.76. The third-order valence-electron chi connectivity index (χ3n) is 3.07. The van der Waals surface area contributed by atoms with E-state index in [1.807, 2.05) is 12.1 Å². The highest BCUT2D eigenvalue weighted by Crippen LogP contribution is 2.27. The van der Waals surface area contributed by atoms with Gasteiger partial charge in [0.05, 0.1) is 33.0 Å². The molecule has 1 unspecified atom stereocenters. The molecule has 0 fully saturated rings. The second kappa shape index (κ2) is 7.47. The lowest BCUT2D eigenvalue weighted by molar-refractivity contribution is -0.141. The number of hydrogen-bond donors (Lipinski definition) is 1. The molecule has 0 spiro atoms. The zero-order chi connectivity index (χ0) is 16.9. The summed E-state index contributed by atoms with van der Waals surface area (Å²) >= 11 is 0. The molecule has 0 aliphatic rings. The number of rotatable bonds is 7. The number of alkyl halides is 3. The molecule has 1 N–H and O–H groups in total. The average Bonchev–Trinajstić information content (AvgIpc) is 2.96. The van der Waals surface area contributed by atoms with E-state index < -0.39 is 18.0 Å².